The third-order valence-electron chi connectivity index (χ3n) is 6.25. The molecule has 180 valence electrons. The molecular formula is C29H31N3O3. The fourth-order valence-corrected chi connectivity index (χ4v) is 4.49. The number of likely N-dealkylation sites (N-methyl/N-ethyl adjacent to an activating group) is 1. The summed E-state index contributed by atoms with van der Waals surface area (Å²) in [6.07, 6.45) is 0.728. The number of para-hydroxylation sites is 1. The van der Waals surface area contributed by atoms with Crippen molar-refractivity contribution in [1.29, 1.82) is 0 Å². The standard InChI is InChI=1S/C29H31N3O3/c1-3-25(21-12-6-4-7-13-21)30-28(34)27-23-16-10-11-17-24(23)29(35)32(22-14-8-5-9-15-22)26(27)20-31(2)18-19-33/h4-17,25,33H,3,18-20H2,1-2H3,(H,30,34)/t25-/m0/s1. The number of benzene rings is 3. The van der Waals surface area contributed by atoms with Crippen LogP contribution in [-0.4, -0.2) is 40.7 Å². The first-order valence-corrected chi connectivity index (χ1v) is 11.9. The van der Waals surface area contributed by atoms with E-state index in [1.165, 1.54) is 0 Å². The summed E-state index contributed by atoms with van der Waals surface area (Å²) in [6.45, 7) is 2.75. The van der Waals surface area contributed by atoms with Gasteiger partial charge < -0.3 is 10.4 Å². The van der Waals surface area contributed by atoms with Gasteiger partial charge in [0.1, 0.15) is 0 Å². The van der Waals surface area contributed by atoms with E-state index in [4.69, 9.17) is 0 Å². The first-order chi connectivity index (χ1) is 17.0. The Morgan fingerprint density at radius 1 is 0.943 bits per heavy atom. The van der Waals surface area contributed by atoms with Crippen molar-refractivity contribution in [3.8, 4) is 5.69 Å². The van der Waals surface area contributed by atoms with Crippen LogP contribution in [0.15, 0.2) is 89.7 Å². The number of aliphatic hydroxyl groups is 1. The highest BCUT2D eigenvalue weighted by Crippen LogP contribution is 2.25. The average molecular weight is 470 g/mol. The van der Waals surface area contributed by atoms with Gasteiger partial charge in [-0.1, -0.05) is 73.7 Å². The maximum Gasteiger partial charge on any atom is 0.263 e. The molecule has 0 radical (unpaired) electrons. The topological polar surface area (TPSA) is 74.6 Å². The summed E-state index contributed by atoms with van der Waals surface area (Å²) in [6, 6.07) is 26.4. The third kappa shape index (κ3) is 5.19. The molecule has 1 amide bonds. The van der Waals surface area contributed by atoms with Crippen molar-refractivity contribution in [3.63, 3.8) is 0 Å². The predicted molar refractivity (Wildman–Crippen MR) is 140 cm³/mol. The van der Waals surface area contributed by atoms with Crippen LogP contribution in [0.5, 0.6) is 0 Å². The molecule has 0 saturated carbocycles. The zero-order chi connectivity index (χ0) is 24.8. The molecule has 0 bridgehead atoms. The molecule has 6 heteroatoms. The number of hydrogen-bond donors (Lipinski definition) is 2. The van der Waals surface area contributed by atoms with Crippen LogP contribution in [0.2, 0.25) is 0 Å². The molecule has 3 aromatic carbocycles. The first-order valence-electron chi connectivity index (χ1n) is 11.9. The zero-order valence-corrected chi connectivity index (χ0v) is 20.1. The molecule has 0 spiro atoms. The SMILES string of the molecule is CC[C@H](NC(=O)c1c(CN(C)CCO)n(-c2ccccc2)c(=O)c2ccccc12)c1ccccc1. The molecule has 35 heavy (non-hydrogen) atoms. The molecule has 6 nitrogen and oxygen atoms in total. The van der Waals surface area contributed by atoms with Crippen molar-refractivity contribution in [2.45, 2.75) is 25.9 Å². The van der Waals surface area contributed by atoms with E-state index in [1.54, 1.807) is 10.6 Å². The molecular weight excluding hydrogens is 438 g/mol. The summed E-state index contributed by atoms with van der Waals surface area (Å²) in [5.74, 6) is -0.228. The molecule has 2 N–H and O–H groups in total. The first kappa shape index (κ1) is 24.4. The number of aromatic nitrogens is 1. The van der Waals surface area contributed by atoms with Gasteiger partial charge in [0.2, 0.25) is 0 Å². The molecule has 0 unspecified atom stereocenters. The number of hydrogen-bond acceptors (Lipinski definition) is 4. The Morgan fingerprint density at radius 2 is 1.54 bits per heavy atom. The van der Waals surface area contributed by atoms with Gasteiger partial charge in [-0.15, -0.1) is 0 Å². The van der Waals surface area contributed by atoms with Crippen molar-refractivity contribution in [1.82, 2.24) is 14.8 Å². The van der Waals surface area contributed by atoms with Crippen molar-refractivity contribution in [2.75, 3.05) is 20.2 Å². The van der Waals surface area contributed by atoms with Gasteiger partial charge in [0.15, 0.2) is 0 Å². The predicted octanol–water partition coefficient (Wildman–Crippen LogP) is 4.30. The maximum atomic E-state index is 14.0. The van der Waals surface area contributed by atoms with Gasteiger partial charge in [-0.05, 0) is 37.2 Å². The van der Waals surface area contributed by atoms with Crippen LogP contribution >= 0.6 is 0 Å². The van der Waals surface area contributed by atoms with E-state index in [0.717, 1.165) is 12.0 Å². The summed E-state index contributed by atoms with van der Waals surface area (Å²) in [5.41, 5.74) is 2.62. The van der Waals surface area contributed by atoms with Gasteiger partial charge in [0, 0.05) is 29.5 Å². The Labute approximate surface area is 205 Å². The average Bonchev–Trinajstić information content (AvgIpc) is 2.88. The van der Waals surface area contributed by atoms with E-state index < -0.39 is 0 Å². The number of nitrogens with one attached hydrogen (secondary N) is 1. The zero-order valence-electron chi connectivity index (χ0n) is 20.1. The smallest absolute Gasteiger partial charge is 0.263 e. The van der Waals surface area contributed by atoms with Crippen LogP contribution < -0.4 is 10.9 Å². The molecule has 0 aliphatic rings. The van der Waals surface area contributed by atoms with Gasteiger partial charge in [-0.25, -0.2) is 0 Å². The van der Waals surface area contributed by atoms with E-state index in [2.05, 4.69) is 5.32 Å². The lowest BCUT2D eigenvalue weighted by molar-refractivity contribution is 0.0934. The molecule has 1 aromatic heterocycles. The summed E-state index contributed by atoms with van der Waals surface area (Å²) >= 11 is 0. The third-order valence-corrected chi connectivity index (χ3v) is 6.25. The molecule has 0 fully saturated rings. The van der Waals surface area contributed by atoms with Crippen LogP contribution in [-0.2, 0) is 6.54 Å². The monoisotopic (exact) mass is 469 g/mol. The highest BCUT2D eigenvalue weighted by molar-refractivity contribution is 6.08. The molecule has 4 rings (SSSR count). The quantitative estimate of drug-likeness (QED) is 0.383. The number of fused-ring (bicyclic) bond motifs is 1. The van der Waals surface area contributed by atoms with E-state index in [9.17, 15) is 14.7 Å². The highest BCUT2D eigenvalue weighted by Gasteiger charge is 2.25. The Kier molecular flexibility index (Phi) is 7.75. The van der Waals surface area contributed by atoms with Gasteiger partial charge >= 0.3 is 0 Å². The molecule has 0 aliphatic heterocycles. The summed E-state index contributed by atoms with van der Waals surface area (Å²) in [7, 11) is 1.87. The number of carbonyl (C=O) groups excluding carboxylic acids is 1. The van der Waals surface area contributed by atoms with E-state index in [0.29, 0.717) is 40.8 Å². The van der Waals surface area contributed by atoms with Gasteiger partial charge in [0.05, 0.1) is 23.9 Å². The van der Waals surface area contributed by atoms with Crippen molar-refractivity contribution >= 4 is 16.7 Å². The minimum Gasteiger partial charge on any atom is -0.395 e. The normalized spacial score (nSPS) is 12.1. The second kappa shape index (κ2) is 11.1. The van der Waals surface area contributed by atoms with Crippen LogP contribution in [0.1, 0.15) is 41.0 Å². The van der Waals surface area contributed by atoms with Gasteiger partial charge in [0.25, 0.3) is 11.5 Å². The van der Waals surface area contributed by atoms with Crippen LogP contribution in [0.25, 0.3) is 16.5 Å². The lowest BCUT2D eigenvalue weighted by Gasteiger charge is -2.25. The van der Waals surface area contributed by atoms with Crippen molar-refractivity contribution < 1.29 is 9.90 Å². The van der Waals surface area contributed by atoms with Crippen LogP contribution in [0.4, 0.5) is 0 Å². The van der Waals surface area contributed by atoms with E-state index in [-0.39, 0.29) is 24.1 Å². The Hall–Kier alpha value is -3.74. The van der Waals surface area contributed by atoms with Crippen molar-refractivity contribution in [2.24, 2.45) is 0 Å². The van der Waals surface area contributed by atoms with Gasteiger partial charge in [-0.2, -0.15) is 0 Å². The largest absolute Gasteiger partial charge is 0.395 e. The number of aliphatic hydroxyl groups excluding tert-OH is 1. The van der Waals surface area contributed by atoms with Crippen LogP contribution in [0, 0.1) is 0 Å². The second-order valence-corrected chi connectivity index (χ2v) is 8.65. The maximum absolute atomic E-state index is 14.0. The van der Waals surface area contributed by atoms with Gasteiger partial charge in [-0.3, -0.25) is 19.1 Å². The summed E-state index contributed by atoms with van der Waals surface area (Å²) in [4.78, 5) is 29.6. The van der Waals surface area contributed by atoms with E-state index in [1.807, 2.05) is 97.7 Å². The number of carbonyl (C=O) groups is 1. The molecule has 1 heterocycles. The second-order valence-electron chi connectivity index (χ2n) is 8.65. The number of nitrogens with zero attached hydrogens (tertiary/aromatic N) is 2. The molecule has 1 atom stereocenters. The lowest BCUT2D eigenvalue weighted by atomic mass is 9.99. The summed E-state index contributed by atoms with van der Waals surface area (Å²) in [5, 5.41) is 13.8. The number of amides is 1. The van der Waals surface area contributed by atoms with Crippen LogP contribution in [0.3, 0.4) is 0 Å². The fourth-order valence-electron chi connectivity index (χ4n) is 4.49. The highest BCUT2D eigenvalue weighted by atomic mass is 16.3. The Bertz CT molecular complexity index is 1350. The number of rotatable bonds is 9. The minimum atomic E-state index is -0.228. The molecule has 0 saturated heterocycles. The minimum absolute atomic E-state index is 0.0207. The number of pyridine rings is 1. The van der Waals surface area contributed by atoms with E-state index >= 15 is 0 Å². The summed E-state index contributed by atoms with van der Waals surface area (Å²) < 4.78 is 1.63. The fraction of sp³-hybridized carbons (Fsp3) is 0.241. The molecule has 0 aliphatic carbocycles. The Balaban J connectivity index is 1.94. The van der Waals surface area contributed by atoms with Crippen molar-refractivity contribution in [3.05, 3.63) is 112 Å². The molecule has 4 aromatic rings. The lowest BCUT2D eigenvalue weighted by Crippen LogP contribution is -2.35. The Morgan fingerprint density at radius 3 is 2.17 bits per heavy atom.